The molecular formula is C25H30N2O4. The molecule has 1 heterocycles. The Morgan fingerprint density at radius 1 is 1.26 bits per heavy atom. The smallest absolute Gasteiger partial charge is 0.324 e. The molecule has 31 heavy (non-hydrogen) atoms. The van der Waals surface area contributed by atoms with E-state index in [1.807, 2.05) is 51.1 Å². The molecule has 0 fully saturated rings. The molecule has 6 nitrogen and oxygen atoms in total. The molecule has 3 atom stereocenters. The standard InChI is InChI=1S/C25H30N2O4/c1-24(2,3)31-23(29)19(14-16-9-7-6-8-10-16)27-21-18-13-17(15-26)11-12-20(18)30-25(4,5)22(21)28/h6-13,19,21-22,27-28H,14H2,1-5H3/t19-,21-,22+/m0/s1. The highest BCUT2D eigenvalue weighted by Gasteiger charge is 2.44. The molecule has 1 aliphatic heterocycles. The SMILES string of the molecule is CC(C)(C)OC(=O)[C@H](Cc1ccccc1)N[C@H]1c2cc(C#N)ccc2OC(C)(C)[C@@H]1O. The van der Waals surface area contributed by atoms with E-state index in [4.69, 9.17) is 9.47 Å². The molecule has 0 bridgehead atoms. The first-order valence-corrected chi connectivity index (χ1v) is 10.4. The minimum absolute atomic E-state index is 0.396. The highest BCUT2D eigenvalue weighted by molar-refractivity contribution is 5.76. The molecule has 0 spiro atoms. The molecule has 0 amide bonds. The Hall–Kier alpha value is -2.88. The van der Waals surface area contributed by atoms with Crippen molar-refractivity contribution in [2.75, 3.05) is 0 Å². The van der Waals surface area contributed by atoms with Crippen molar-refractivity contribution in [3.8, 4) is 11.8 Å². The van der Waals surface area contributed by atoms with Gasteiger partial charge in [0.25, 0.3) is 0 Å². The highest BCUT2D eigenvalue weighted by atomic mass is 16.6. The predicted octanol–water partition coefficient (Wildman–Crippen LogP) is 3.67. The van der Waals surface area contributed by atoms with E-state index < -0.39 is 35.4 Å². The molecule has 2 aromatic carbocycles. The van der Waals surface area contributed by atoms with E-state index in [0.717, 1.165) is 5.56 Å². The van der Waals surface area contributed by atoms with Gasteiger partial charge < -0.3 is 14.6 Å². The number of nitriles is 1. The Labute approximate surface area is 183 Å². The maximum Gasteiger partial charge on any atom is 0.324 e. The van der Waals surface area contributed by atoms with Crippen LogP contribution in [0, 0.1) is 11.3 Å². The monoisotopic (exact) mass is 422 g/mol. The van der Waals surface area contributed by atoms with E-state index >= 15 is 0 Å². The van der Waals surface area contributed by atoms with Crippen LogP contribution in [0.25, 0.3) is 0 Å². The summed E-state index contributed by atoms with van der Waals surface area (Å²) in [6.07, 6.45) is -0.553. The average molecular weight is 423 g/mol. The Kier molecular flexibility index (Phi) is 6.40. The third-order valence-corrected chi connectivity index (χ3v) is 5.23. The summed E-state index contributed by atoms with van der Waals surface area (Å²) in [6, 6.07) is 15.6. The second-order valence-electron chi connectivity index (χ2n) is 9.43. The van der Waals surface area contributed by atoms with E-state index in [2.05, 4.69) is 11.4 Å². The Morgan fingerprint density at radius 3 is 2.55 bits per heavy atom. The molecule has 2 aromatic rings. The second kappa shape index (κ2) is 8.70. The molecule has 2 N–H and O–H groups in total. The summed E-state index contributed by atoms with van der Waals surface area (Å²) in [7, 11) is 0. The van der Waals surface area contributed by atoms with E-state index in [0.29, 0.717) is 23.3 Å². The van der Waals surface area contributed by atoms with Crippen molar-refractivity contribution in [3.05, 3.63) is 65.2 Å². The minimum atomic E-state index is -0.949. The fourth-order valence-corrected chi connectivity index (χ4v) is 3.70. The topological polar surface area (TPSA) is 91.6 Å². The van der Waals surface area contributed by atoms with Crippen molar-refractivity contribution in [1.82, 2.24) is 5.32 Å². The second-order valence-corrected chi connectivity index (χ2v) is 9.43. The van der Waals surface area contributed by atoms with Crippen LogP contribution >= 0.6 is 0 Å². The molecule has 0 unspecified atom stereocenters. The largest absolute Gasteiger partial charge is 0.485 e. The maximum absolute atomic E-state index is 13.1. The van der Waals surface area contributed by atoms with Crippen LogP contribution < -0.4 is 10.1 Å². The van der Waals surface area contributed by atoms with Crippen molar-refractivity contribution in [1.29, 1.82) is 5.26 Å². The molecule has 0 radical (unpaired) electrons. The maximum atomic E-state index is 13.1. The number of hydrogen-bond donors (Lipinski definition) is 2. The number of hydrogen-bond acceptors (Lipinski definition) is 6. The number of aliphatic hydroxyl groups is 1. The third-order valence-electron chi connectivity index (χ3n) is 5.23. The van der Waals surface area contributed by atoms with Gasteiger partial charge in [0.1, 0.15) is 29.1 Å². The first-order chi connectivity index (χ1) is 14.5. The van der Waals surface area contributed by atoms with Crippen LogP contribution in [0.3, 0.4) is 0 Å². The van der Waals surface area contributed by atoms with E-state index in [-0.39, 0.29) is 0 Å². The van der Waals surface area contributed by atoms with Crippen LogP contribution in [0.1, 0.15) is 57.4 Å². The van der Waals surface area contributed by atoms with E-state index in [1.165, 1.54) is 0 Å². The number of benzene rings is 2. The van der Waals surface area contributed by atoms with Gasteiger partial charge in [-0.15, -0.1) is 0 Å². The molecule has 0 saturated carbocycles. The molecular weight excluding hydrogens is 392 g/mol. The van der Waals surface area contributed by atoms with Crippen LogP contribution in [0.15, 0.2) is 48.5 Å². The molecule has 6 heteroatoms. The van der Waals surface area contributed by atoms with E-state index in [9.17, 15) is 15.2 Å². The zero-order chi connectivity index (χ0) is 22.8. The quantitative estimate of drug-likeness (QED) is 0.715. The first-order valence-electron chi connectivity index (χ1n) is 10.4. The molecule has 0 aliphatic carbocycles. The number of carbonyl (C=O) groups excluding carboxylic acids is 1. The average Bonchev–Trinajstić information content (AvgIpc) is 2.69. The first kappa shape index (κ1) is 22.8. The van der Waals surface area contributed by atoms with Gasteiger partial charge in [0.05, 0.1) is 17.7 Å². The number of fused-ring (bicyclic) bond motifs is 1. The lowest BCUT2D eigenvalue weighted by Gasteiger charge is -2.43. The van der Waals surface area contributed by atoms with Gasteiger partial charge in [0, 0.05) is 5.56 Å². The molecule has 0 aromatic heterocycles. The van der Waals surface area contributed by atoms with Crippen molar-refractivity contribution >= 4 is 5.97 Å². The summed E-state index contributed by atoms with van der Waals surface area (Å²) in [5, 5.41) is 23.8. The van der Waals surface area contributed by atoms with Gasteiger partial charge in [-0.3, -0.25) is 10.1 Å². The number of ether oxygens (including phenoxy) is 2. The number of nitrogens with zero attached hydrogens (tertiary/aromatic N) is 1. The summed E-state index contributed by atoms with van der Waals surface area (Å²) >= 11 is 0. The fraction of sp³-hybridized carbons (Fsp3) is 0.440. The number of esters is 1. The van der Waals surface area contributed by atoms with Crippen LogP contribution in [0.5, 0.6) is 5.75 Å². The Morgan fingerprint density at radius 2 is 1.94 bits per heavy atom. The number of aliphatic hydroxyl groups excluding tert-OH is 1. The van der Waals surface area contributed by atoms with Gasteiger partial charge in [-0.2, -0.15) is 5.26 Å². The van der Waals surface area contributed by atoms with Crippen LogP contribution in [-0.4, -0.2) is 34.4 Å². The summed E-state index contributed by atoms with van der Waals surface area (Å²) in [5.74, 6) is 0.181. The third kappa shape index (κ3) is 5.43. The number of rotatable bonds is 5. The summed E-state index contributed by atoms with van der Waals surface area (Å²) in [4.78, 5) is 13.1. The van der Waals surface area contributed by atoms with Crippen LogP contribution in [0.2, 0.25) is 0 Å². The van der Waals surface area contributed by atoms with Crippen molar-refractivity contribution in [2.24, 2.45) is 0 Å². The van der Waals surface area contributed by atoms with Gasteiger partial charge >= 0.3 is 5.97 Å². The lowest BCUT2D eigenvalue weighted by molar-refractivity contribution is -0.158. The van der Waals surface area contributed by atoms with E-state index in [1.54, 1.807) is 32.0 Å². The van der Waals surface area contributed by atoms with Gasteiger partial charge in [-0.25, -0.2) is 0 Å². The molecule has 1 aliphatic rings. The fourth-order valence-electron chi connectivity index (χ4n) is 3.70. The summed E-state index contributed by atoms with van der Waals surface area (Å²) in [6.45, 7) is 9.07. The zero-order valence-corrected chi connectivity index (χ0v) is 18.7. The molecule has 164 valence electrons. The lowest BCUT2D eigenvalue weighted by atomic mass is 9.85. The van der Waals surface area contributed by atoms with Crippen LogP contribution in [-0.2, 0) is 16.0 Å². The number of carbonyl (C=O) groups is 1. The molecule has 0 saturated heterocycles. The molecule has 3 rings (SSSR count). The van der Waals surface area contributed by atoms with Gasteiger partial charge in [-0.1, -0.05) is 30.3 Å². The zero-order valence-electron chi connectivity index (χ0n) is 18.7. The highest BCUT2D eigenvalue weighted by Crippen LogP contribution is 2.40. The summed E-state index contributed by atoms with van der Waals surface area (Å²) < 4.78 is 11.7. The van der Waals surface area contributed by atoms with Crippen molar-refractivity contribution < 1.29 is 19.4 Å². The van der Waals surface area contributed by atoms with Crippen molar-refractivity contribution in [3.63, 3.8) is 0 Å². The van der Waals surface area contributed by atoms with Gasteiger partial charge in [0.2, 0.25) is 0 Å². The lowest BCUT2D eigenvalue weighted by Crippen LogP contribution is -2.56. The summed E-state index contributed by atoms with van der Waals surface area (Å²) in [5.41, 5.74) is 0.542. The Balaban J connectivity index is 1.98. The normalized spacial score (nSPS) is 20.7. The van der Waals surface area contributed by atoms with Crippen LogP contribution in [0.4, 0.5) is 0 Å². The Bertz CT molecular complexity index is 973. The van der Waals surface area contributed by atoms with Gasteiger partial charge in [-0.05, 0) is 64.8 Å². The van der Waals surface area contributed by atoms with Gasteiger partial charge in [0.15, 0.2) is 0 Å². The number of nitrogens with one attached hydrogen (secondary N) is 1. The van der Waals surface area contributed by atoms with Crippen molar-refractivity contribution in [2.45, 2.75) is 70.4 Å². The predicted molar refractivity (Wildman–Crippen MR) is 118 cm³/mol. The minimum Gasteiger partial charge on any atom is -0.485 e.